The van der Waals surface area contributed by atoms with Gasteiger partial charge in [0.25, 0.3) is 0 Å². The van der Waals surface area contributed by atoms with Gasteiger partial charge in [0, 0.05) is 5.02 Å². The fourth-order valence-corrected chi connectivity index (χ4v) is 3.51. The minimum absolute atomic E-state index is 0.280. The van der Waals surface area contributed by atoms with Crippen molar-refractivity contribution < 1.29 is 13.7 Å². The summed E-state index contributed by atoms with van der Waals surface area (Å²) in [4.78, 5) is 0. The van der Waals surface area contributed by atoms with Crippen LogP contribution in [0.3, 0.4) is 0 Å². The number of nitrogens with zero attached hydrogens (tertiary/aromatic N) is 1. The zero-order valence-corrected chi connectivity index (χ0v) is 16.8. The maximum Gasteiger partial charge on any atom is 0.238 e. The summed E-state index contributed by atoms with van der Waals surface area (Å²) in [6, 6.07) is 17.2. The predicted molar refractivity (Wildman–Crippen MR) is 106 cm³/mol. The molecule has 26 heavy (non-hydrogen) atoms. The molecule has 0 aromatic heterocycles. The van der Waals surface area contributed by atoms with E-state index in [0.29, 0.717) is 10.9 Å². The third-order valence-electron chi connectivity index (χ3n) is 4.19. The number of epoxide rings is 1. The van der Waals surface area contributed by atoms with Crippen molar-refractivity contribution in [2.75, 3.05) is 7.11 Å². The van der Waals surface area contributed by atoms with Crippen molar-refractivity contribution in [1.29, 1.82) is 0 Å². The molecule has 2 aromatic carbocycles. The summed E-state index contributed by atoms with van der Waals surface area (Å²) in [6.07, 6.45) is -0.280. The van der Waals surface area contributed by atoms with Gasteiger partial charge in [0.1, 0.15) is 17.1 Å². The molecule has 0 spiro atoms. The van der Waals surface area contributed by atoms with Gasteiger partial charge in [0.2, 0.25) is 5.90 Å². The summed E-state index contributed by atoms with van der Waals surface area (Å²) in [5, 5.41) is 0.661. The maximum absolute atomic E-state index is 12.6. The second kappa shape index (κ2) is 7.14. The van der Waals surface area contributed by atoms with Crippen LogP contribution in [0.2, 0.25) is 5.02 Å². The number of hydrogen-bond donors (Lipinski definition) is 0. The van der Waals surface area contributed by atoms with Gasteiger partial charge < -0.3 is 9.47 Å². The Morgan fingerprint density at radius 3 is 2.31 bits per heavy atom. The van der Waals surface area contributed by atoms with E-state index in [1.54, 1.807) is 0 Å². The number of methoxy groups -OCH3 is 1. The molecule has 0 radical (unpaired) electrons. The average molecular weight is 392 g/mol. The van der Waals surface area contributed by atoms with Crippen molar-refractivity contribution >= 4 is 28.5 Å². The van der Waals surface area contributed by atoms with Crippen molar-refractivity contribution in [2.45, 2.75) is 37.2 Å². The zero-order chi connectivity index (χ0) is 18.9. The first-order chi connectivity index (χ1) is 12.3. The number of benzene rings is 2. The Balaban J connectivity index is 2.07. The third-order valence-corrected chi connectivity index (χ3v) is 5.82. The Labute approximate surface area is 161 Å². The Hall–Kier alpha value is -1.69. The van der Waals surface area contributed by atoms with Crippen LogP contribution in [-0.2, 0) is 26.1 Å². The molecule has 4 nitrogen and oxygen atoms in total. The minimum atomic E-state index is -1.46. The highest BCUT2D eigenvalue weighted by Crippen LogP contribution is 2.58. The molecule has 1 aliphatic heterocycles. The van der Waals surface area contributed by atoms with E-state index in [2.05, 4.69) is 4.40 Å². The smallest absolute Gasteiger partial charge is 0.238 e. The van der Waals surface area contributed by atoms with E-state index >= 15 is 0 Å². The summed E-state index contributed by atoms with van der Waals surface area (Å²) in [7, 11) is 0.0711. The van der Waals surface area contributed by atoms with Crippen molar-refractivity contribution in [3.8, 4) is 0 Å². The highest BCUT2D eigenvalue weighted by atomic mass is 35.5. The molecule has 0 bridgehead atoms. The van der Waals surface area contributed by atoms with E-state index in [0.717, 1.165) is 11.1 Å². The molecule has 1 saturated heterocycles. The molecule has 1 aliphatic rings. The molecule has 1 unspecified atom stereocenters. The molecule has 0 amide bonds. The molecular formula is C20H22ClNO3S. The largest absolute Gasteiger partial charge is 0.481 e. The Morgan fingerprint density at radius 2 is 1.77 bits per heavy atom. The van der Waals surface area contributed by atoms with E-state index in [4.69, 9.17) is 21.1 Å². The standard InChI is InChI=1S/C20H22ClNO3S/c1-19(2,3)26(23)22-18(24-4)20(15-8-6-5-7-9-15)17(25-20)14-10-12-16(21)13-11-14/h5-13,17H,1-4H3/b22-18-/t17-,20+,26?/m1/s1. The Bertz CT molecular complexity index is 830. The van der Waals surface area contributed by atoms with Crippen LogP contribution in [0.5, 0.6) is 0 Å². The molecule has 0 N–H and O–H groups in total. The van der Waals surface area contributed by atoms with Crippen molar-refractivity contribution in [3.63, 3.8) is 0 Å². The summed E-state index contributed by atoms with van der Waals surface area (Å²) >= 11 is 6.00. The van der Waals surface area contributed by atoms with E-state index in [9.17, 15) is 4.21 Å². The summed E-state index contributed by atoms with van der Waals surface area (Å²) < 4.78 is 28.2. The molecule has 6 heteroatoms. The monoisotopic (exact) mass is 391 g/mol. The van der Waals surface area contributed by atoms with E-state index in [1.165, 1.54) is 7.11 Å². The lowest BCUT2D eigenvalue weighted by Crippen LogP contribution is -2.28. The van der Waals surface area contributed by atoms with Gasteiger partial charge in [-0.15, -0.1) is 0 Å². The topological polar surface area (TPSA) is 51.2 Å². The lowest BCUT2D eigenvalue weighted by Gasteiger charge is -2.18. The maximum atomic E-state index is 12.6. The van der Waals surface area contributed by atoms with Gasteiger partial charge in [0.15, 0.2) is 5.60 Å². The molecule has 0 aliphatic carbocycles. The SMILES string of the molecule is CO/C(=N\S(=O)C(C)(C)C)[C@@]1(c2ccccc2)O[C@@H]1c1ccc(Cl)cc1. The number of hydrogen-bond acceptors (Lipinski definition) is 3. The zero-order valence-electron chi connectivity index (χ0n) is 15.2. The van der Waals surface area contributed by atoms with E-state index in [-0.39, 0.29) is 6.10 Å². The molecule has 138 valence electrons. The van der Waals surface area contributed by atoms with Gasteiger partial charge in [-0.3, -0.25) is 0 Å². The second-order valence-corrected chi connectivity index (χ2v) is 9.46. The fourth-order valence-electron chi connectivity index (χ4n) is 2.75. The first-order valence-corrected chi connectivity index (χ1v) is 9.81. The molecule has 3 atom stereocenters. The van der Waals surface area contributed by atoms with Crippen LogP contribution >= 0.6 is 11.6 Å². The van der Waals surface area contributed by atoms with Gasteiger partial charge in [-0.25, -0.2) is 4.21 Å². The van der Waals surface area contributed by atoms with E-state index < -0.39 is 21.3 Å². The summed E-state index contributed by atoms with van der Waals surface area (Å²) in [5.41, 5.74) is 0.987. The second-order valence-electron chi connectivity index (χ2n) is 7.11. The minimum Gasteiger partial charge on any atom is -0.481 e. The average Bonchev–Trinajstić information content (AvgIpc) is 3.36. The van der Waals surface area contributed by atoms with Crippen LogP contribution in [0.25, 0.3) is 0 Å². The lowest BCUT2D eigenvalue weighted by atomic mass is 9.91. The van der Waals surface area contributed by atoms with Crippen LogP contribution in [0.1, 0.15) is 38.0 Å². The fraction of sp³-hybridized carbons (Fsp3) is 0.350. The quantitative estimate of drug-likeness (QED) is 0.426. The predicted octanol–water partition coefficient (Wildman–Crippen LogP) is 4.81. The van der Waals surface area contributed by atoms with Gasteiger partial charge >= 0.3 is 0 Å². The number of rotatable bonds is 4. The summed E-state index contributed by atoms with van der Waals surface area (Å²) in [6.45, 7) is 5.62. The van der Waals surface area contributed by atoms with Crippen LogP contribution in [-0.4, -0.2) is 22.0 Å². The Morgan fingerprint density at radius 1 is 1.15 bits per heavy atom. The lowest BCUT2D eigenvalue weighted by molar-refractivity contribution is 0.295. The Kier molecular flexibility index (Phi) is 5.24. The van der Waals surface area contributed by atoms with Crippen LogP contribution in [0.4, 0.5) is 0 Å². The summed E-state index contributed by atoms with van der Waals surface area (Å²) in [5.74, 6) is 0.317. The van der Waals surface area contributed by atoms with Gasteiger partial charge in [-0.2, -0.15) is 4.40 Å². The highest BCUT2D eigenvalue weighted by molar-refractivity contribution is 7.85. The van der Waals surface area contributed by atoms with Gasteiger partial charge in [-0.05, 0) is 44.0 Å². The van der Waals surface area contributed by atoms with Crippen molar-refractivity contribution in [1.82, 2.24) is 0 Å². The van der Waals surface area contributed by atoms with Gasteiger partial charge in [-0.1, -0.05) is 54.1 Å². The number of ether oxygens (including phenoxy) is 2. The van der Waals surface area contributed by atoms with E-state index in [1.807, 2.05) is 75.4 Å². The molecule has 0 saturated carbocycles. The third kappa shape index (κ3) is 3.56. The highest BCUT2D eigenvalue weighted by Gasteiger charge is 2.64. The molecular weight excluding hydrogens is 370 g/mol. The van der Waals surface area contributed by atoms with Crippen LogP contribution in [0.15, 0.2) is 59.0 Å². The van der Waals surface area contributed by atoms with Gasteiger partial charge in [0.05, 0.1) is 11.9 Å². The van der Waals surface area contributed by atoms with Crippen molar-refractivity contribution in [3.05, 3.63) is 70.7 Å². The van der Waals surface area contributed by atoms with Crippen LogP contribution < -0.4 is 0 Å². The molecule has 3 rings (SSSR count). The normalized spacial score (nSPS) is 24.2. The molecule has 1 fully saturated rings. The first-order valence-electron chi connectivity index (χ1n) is 8.33. The first kappa shape index (κ1) is 19.1. The van der Waals surface area contributed by atoms with Crippen LogP contribution in [0, 0.1) is 0 Å². The number of halogens is 1. The van der Waals surface area contributed by atoms with Crippen molar-refractivity contribution in [2.24, 2.45) is 4.40 Å². The molecule has 1 heterocycles. The molecule has 2 aromatic rings.